The van der Waals surface area contributed by atoms with Crippen LogP contribution in [0.1, 0.15) is 33.6 Å². The first-order valence-corrected chi connectivity index (χ1v) is 8.12. The van der Waals surface area contributed by atoms with E-state index in [1.54, 1.807) is 8.61 Å². The van der Waals surface area contributed by atoms with Gasteiger partial charge < -0.3 is 5.73 Å². The molecule has 6 heteroatoms. The number of nitrogens with two attached hydrogens (primary N) is 1. The van der Waals surface area contributed by atoms with Gasteiger partial charge in [0.25, 0.3) is 10.2 Å². The quantitative estimate of drug-likeness (QED) is 0.818. The van der Waals surface area contributed by atoms with Crippen LogP contribution >= 0.6 is 0 Å². The summed E-state index contributed by atoms with van der Waals surface area (Å²) in [6, 6.07) is -0.131. The molecule has 0 spiro atoms. The van der Waals surface area contributed by atoms with Crippen molar-refractivity contribution in [3.63, 3.8) is 0 Å². The lowest BCUT2D eigenvalue weighted by molar-refractivity contribution is 0.272. The maximum absolute atomic E-state index is 12.3. The normalized spacial score (nSPS) is 27.6. The largest absolute Gasteiger partial charge is 0.326 e. The third-order valence-electron chi connectivity index (χ3n) is 3.92. The summed E-state index contributed by atoms with van der Waals surface area (Å²) in [7, 11) is -3.25. The summed E-state index contributed by atoms with van der Waals surface area (Å²) in [4.78, 5) is 0. The molecule has 2 aliphatic rings. The van der Waals surface area contributed by atoms with Gasteiger partial charge in [-0.3, -0.25) is 0 Å². The van der Waals surface area contributed by atoms with Gasteiger partial charge in [0.05, 0.1) is 0 Å². The van der Waals surface area contributed by atoms with Crippen LogP contribution in [0.3, 0.4) is 0 Å². The van der Waals surface area contributed by atoms with Crippen LogP contribution in [-0.2, 0) is 10.2 Å². The number of hydrogen-bond donors (Lipinski definition) is 1. The van der Waals surface area contributed by atoms with E-state index in [1.165, 1.54) is 12.8 Å². The third kappa shape index (κ3) is 3.04. The molecule has 0 aromatic heterocycles. The minimum atomic E-state index is -3.25. The molecule has 1 aliphatic carbocycles. The third-order valence-corrected chi connectivity index (χ3v) is 5.89. The minimum absolute atomic E-state index is 0.0700. The monoisotopic (exact) mass is 275 g/mol. The predicted octanol–water partition coefficient (Wildman–Crippen LogP) is 0.632. The maximum Gasteiger partial charge on any atom is 0.282 e. The lowest BCUT2D eigenvalue weighted by Gasteiger charge is -2.30. The minimum Gasteiger partial charge on any atom is -0.326 e. The summed E-state index contributed by atoms with van der Waals surface area (Å²) in [6.07, 6.45) is 2.35. The van der Waals surface area contributed by atoms with Gasteiger partial charge in [0.1, 0.15) is 0 Å². The van der Waals surface area contributed by atoms with Crippen molar-refractivity contribution in [2.45, 2.75) is 39.7 Å². The molecule has 0 unspecified atom stereocenters. The van der Waals surface area contributed by atoms with Crippen molar-refractivity contribution in [3.05, 3.63) is 0 Å². The van der Waals surface area contributed by atoms with Gasteiger partial charge in [-0.15, -0.1) is 0 Å². The van der Waals surface area contributed by atoms with E-state index in [4.69, 9.17) is 5.73 Å². The van der Waals surface area contributed by atoms with Gasteiger partial charge in [-0.05, 0) is 24.2 Å². The number of rotatable bonds is 4. The van der Waals surface area contributed by atoms with E-state index in [0.717, 1.165) is 0 Å². The zero-order valence-electron chi connectivity index (χ0n) is 11.6. The highest BCUT2D eigenvalue weighted by atomic mass is 32.2. The fourth-order valence-corrected chi connectivity index (χ4v) is 3.77. The topological polar surface area (TPSA) is 66.6 Å². The first kappa shape index (κ1) is 14.2. The van der Waals surface area contributed by atoms with E-state index >= 15 is 0 Å². The molecule has 18 heavy (non-hydrogen) atoms. The second kappa shape index (κ2) is 4.74. The molecule has 2 fully saturated rings. The van der Waals surface area contributed by atoms with Gasteiger partial charge in [0, 0.05) is 32.2 Å². The van der Waals surface area contributed by atoms with Gasteiger partial charge in [0.15, 0.2) is 0 Å². The molecule has 1 saturated heterocycles. The van der Waals surface area contributed by atoms with Gasteiger partial charge in [-0.2, -0.15) is 17.0 Å². The lowest BCUT2D eigenvalue weighted by Crippen LogP contribution is -2.47. The second-order valence-corrected chi connectivity index (χ2v) is 8.57. The first-order chi connectivity index (χ1) is 8.21. The Morgan fingerprint density at radius 3 is 2.28 bits per heavy atom. The van der Waals surface area contributed by atoms with E-state index in [-0.39, 0.29) is 11.5 Å². The van der Waals surface area contributed by atoms with Gasteiger partial charge >= 0.3 is 0 Å². The van der Waals surface area contributed by atoms with Crippen molar-refractivity contribution < 1.29 is 8.42 Å². The van der Waals surface area contributed by atoms with E-state index < -0.39 is 10.2 Å². The Morgan fingerprint density at radius 1 is 1.22 bits per heavy atom. The summed E-state index contributed by atoms with van der Waals surface area (Å²) in [5.41, 5.74) is 6.02. The molecule has 2 rings (SSSR count). The Hall–Kier alpha value is -0.170. The molecule has 0 bridgehead atoms. The lowest BCUT2D eigenvalue weighted by atomic mass is 9.87. The summed E-state index contributed by atoms with van der Waals surface area (Å²) in [5.74, 6) is 0.594. The first-order valence-electron chi connectivity index (χ1n) is 6.72. The van der Waals surface area contributed by atoms with Gasteiger partial charge in [0.2, 0.25) is 0 Å². The van der Waals surface area contributed by atoms with Gasteiger partial charge in [-0.1, -0.05) is 20.8 Å². The molecule has 0 aromatic rings. The molecule has 0 radical (unpaired) electrons. The Balaban J connectivity index is 1.98. The van der Waals surface area contributed by atoms with Crippen LogP contribution < -0.4 is 5.73 Å². The van der Waals surface area contributed by atoms with Crippen molar-refractivity contribution in [3.8, 4) is 0 Å². The summed E-state index contributed by atoms with van der Waals surface area (Å²) in [6.45, 7) is 8.46. The molecule has 1 atom stereocenters. The van der Waals surface area contributed by atoms with Crippen LogP contribution in [0.4, 0.5) is 0 Å². The Kier molecular flexibility index (Phi) is 3.75. The molecule has 0 aromatic carbocycles. The van der Waals surface area contributed by atoms with Crippen LogP contribution in [0.2, 0.25) is 0 Å². The number of hydrogen-bond acceptors (Lipinski definition) is 3. The van der Waals surface area contributed by atoms with Crippen LogP contribution in [-0.4, -0.2) is 49.2 Å². The molecular weight excluding hydrogens is 250 g/mol. The second-order valence-electron chi connectivity index (χ2n) is 6.64. The van der Waals surface area contributed by atoms with E-state index in [0.29, 0.717) is 32.1 Å². The van der Waals surface area contributed by atoms with Gasteiger partial charge in [-0.25, -0.2) is 0 Å². The predicted molar refractivity (Wildman–Crippen MR) is 72.2 cm³/mol. The fourth-order valence-electron chi connectivity index (χ4n) is 2.07. The molecule has 1 saturated carbocycles. The van der Waals surface area contributed by atoms with Crippen LogP contribution in [0.5, 0.6) is 0 Å². The van der Waals surface area contributed by atoms with E-state index in [2.05, 4.69) is 0 Å². The Labute approximate surface area is 110 Å². The average molecular weight is 275 g/mol. The fraction of sp³-hybridized carbons (Fsp3) is 1.00. The Morgan fingerprint density at radius 2 is 1.78 bits per heavy atom. The van der Waals surface area contributed by atoms with E-state index in [1.807, 2.05) is 20.8 Å². The van der Waals surface area contributed by atoms with Crippen molar-refractivity contribution in [1.29, 1.82) is 0 Å². The molecular formula is C12H25N3O2S. The maximum atomic E-state index is 12.3. The van der Waals surface area contributed by atoms with E-state index in [9.17, 15) is 8.42 Å². The zero-order chi connectivity index (χ0) is 13.6. The Bertz CT molecular complexity index is 398. The summed E-state index contributed by atoms with van der Waals surface area (Å²) < 4.78 is 27.8. The van der Waals surface area contributed by atoms with Crippen molar-refractivity contribution in [2.75, 3.05) is 26.2 Å². The molecule has 1 aliphatic heterocycles. The van der Waals surface area contributed by atoms with Crippen molar-refractivity contribution in [2.24, 2.45) is 17.1 Å². The van der Waals surface area contributed by atoms with Crippen LogP contribution in [0.25, 0.3) is 0 Å². The molecule has 1 heterocycles. The summed E-state index contributed by atoms with van der Waals surface area (Å²) >= 11 is 0. The van der Waals surface area contributed by atoms with Crippen molar-refractivity contribution >= 4 is 10.2 Å². The van der Waals surface area contributed by atoms with Crippen LogP contribution in [0.15, 0.2) is 0 Å². The number of nitrogens with zero attached hydrogens (tertiary/aromatic N) is 2. The molecule has 0 amide bonds. The van der Waals surface area contributed by atoms with Crippen molar-refractivity contribution in [1.82, 2.24) is 8.61 Å². The molecule has 2 N–H and O–H groups in total. The highest BCUT2D eigenvalue weighted by Crippen LogP contribution is 2.32. The molecule has 106 valence electrons. The average Bonchev–Trinajstić information content (AvgIpc) is 2.98. The SMILES string of the molecule is CC(C)(C)[C@H](N)CN1CCN(CC2CC2)S1(=O)=O. The summed E-state index contributed by atoms with van der Waals surface area (Å²) in [5, 5.41) is 0. The standard InChI is InChI=1S/C12H25N3O2S/c1-12(2,3)11(13)9-15-7-6-14(18(15,16)17)8-10-4-5-10/h10-11H,4-9,13H2,1-3H3/t11-/m1/s1. The van der Waals surface area contributed by atoms with Crippen LogP contribution in [0, 0.1) is 11.3 Å². The zero-order valence-corrected chi connectivity index (χ0v) is 12.4. The smallest absolute Gasteiger partial charge is 0.282 e. The molecule has 5 nitrogen and oxygen atoms in total. The highest BCUT2D eigenvalue weighted by Gasteiger charge is 2.40. The highest BCUT2D eigenvalue weighted by molar-refractivity contribution is 7.87.